The Morgan fingerprint density at radius 3 is 2.48 bits per heavy atom. The van der Waals surface area contributed by atoms with Gasteiger partial charge in [0.2, 0.25) is 5.13 Å². The molecule has 134 valence electrons. The lowest BCUT2D eigenvalue weighted by atomic mass is 10.2. The Labute approximate surface area is 161 Å². The first kappa shape index (κ1) is 17.2. The average molecular weight is 374 g/mol. The maximum Gasteiger partial charge on any atom is 0.203 e. The van der Waals surface area contributed by atoms with Gasteiger partial charge in [-0.3, -0.25) is 4.98 Å². The van der Waals surface area contributed by atoms with Crippen molar-refractivity contribution in [3.8, 4) is 17.1 Å². The van der Waals surface area contributed by atoms with Gasteiger partial charge in [-0.1, -0.05) is 48.5 Å². The maximum absolute atomic E-state index is 5.76. The Hall–Kier alpha value is -3.25. The molecule has 1 N–H and O–H groups in total. The van der Waals surface area contributed by atoms with Crippen LogP contribution in [0.3, 0.4) is 0 Å². The predicted molar refractivity (Wildman–Crippen MR) is 108 cm³/mol. The van der Waals surface area contributed by atoms with E-state index in [0.29, 0.717) is 13.2 Å². The number of aromatic nitrogens is 3. The molecule has 0 bridgehead atoms. The molecule has 0 fully saturated rings. The zero-order valence-corrected chi connectivity index (χ0v) is 15.4. The third kappa shape index (κ3) is 4.68. The van der Waals surface area contributed by atoms with Crippen LogP contribution in [0.15, 0.2) is 79.0 Å². The minimum Gasteiger partial charge on any atom is -0.487 e. The molecule has 2 aromatic carbocycles. The number of pyridine rings is 1. The number of nitrogens with zero attached hydrogens (tertiary/aromatic N) is 3. The van der Waals surface area contributed by atoms with E-state index < -0.39 is 0 Å². The molecule has 0 unspecified atom stereocenters. The Bertz CT molecular complexity index is 972. The molecule has 0 spiro atoms. The van der Waals surface area contributed by atoms with Crippen LogP contribution >= 0.6 is 11.5 Å². The van der Waals surface area contributed by atoms with Crippen molar-refractivity contribution in [1.29, 1.82) is 0 Å². The first-order valence-electron chi connectivity index (χ1n) is 8.61. The Kier molecular flexibility index (Phi) is 5.36. The molecule has 27 heavy (non-hydrogen) atoms. The lowest BCUT2D eigenvalue weighted by molar-refractivity contribution is 0.301. The zero-order valence-electron chi connectivity index (χ0n) is 14.6. The SMILES string of the molecule is c1ccc(-c2nsc(NCc3ccc(OCc4ccccn4)cc3)n2)cc1. The number of anilines is 1. The van der Waals surface area contributed by atoms with Crippen LogP contribution in [0, 0.1) is 0 Å². The molecule has 5 nitrogen and oxygen atoms in total. The van der Waals surface area contributed by atoms with E-state index in [1.54, 1.807) is 6.20 Å². The van der Waals surface area contributed by atoms with Crippen LogP contribution in [0.4, 0.5) is 5.13 Å². The third-order valence-electron chi connectivity index (χ3n) is 3.94. The standard InChI is InChI=1S/C21H18N4OS/c1-2-6-17(7-3-1)20-24-21(27-25-20)23-14-16-9-11-19(12-10-16)26-15-18-8-4-5-13-22-18/h1-13H,14-15H2,(H,23,24,25). The first-order chi connectivity index (χ1) is 13.4. The highest BCUT2D eigenvalue weighted by molar-refractivity contribution is 7.09. The second-order valence-electron chi connectivity index (χ2n) is 5.90. The van der Waals surface area contributed by atoms with Crippen molar-refractivity contribution in [1.82, 2.24) is 14.3 Å². The van der Waals surface area contributed by atoms with Gasteiger partial charge >= 0.3 is 0 Å². The summed E-state index contributed by atoms with van der Waals surface area (Å²) in [7, 11) is 0. The quantitative estimate of drug-likeness (QED) is 0.504. The van der Waals surface area contributed by atoms with E-state index in [4.69, 9.17) is 4.74 Å². The van der Waals surface area contributed by atoms with E-state index in [2.05, 4.69) is 19.7 Å². The molecule has 4 aromatic rings. The van der Waals surface area contributed by atoms with Crippen LogP contribution < -0.4 is 10.1 Å². The highest BCUT2D eigenvalue weighted by Gasteiger charge is 2.06. The van der Waals surface area contributed by atoms with Gasteiger partial charge in [0.25, 0.3) is 0 Å². The Balaban J connectivity index is 1.31. The normalized spacial score (nSPS) is 10.5. The van der Waals surface area contributed by atoms with Gasteiger partial charge in [0.05, 0.1) is 5.69 Å². The number of nitrogens with one attached hydrogen (secondary N) is 1. The molecule has 0 saturated heterocycles. The highest BCUT2D eigenvalue weighted by atomic mass is 32.1. The molecular formula is C21H18N4OS. The topological polar surface area (TPSA) is 59.9 Å². The molecule has 0 aliphatic rings. The summed E-state index contributed by atoms with van der Waals surface area (Å²) >= 11 is 1.37. The summed E-state index contributed by atoms with van der Waals surface area (Å²) in [6, 6.07) is 23.8. The minimum atomic E-state index is 0.464. The minimum absolute atomic E-state index is 0.464. The number of hydrogen-bond acceptors (Lipinski definition) is 6. The monoisotopic (exact) mass is 374 g/mol. The van der Waals surface area contributed by atoms with E-state index in [0.717, 1.165) is 33.5 Å². The summed E-state index contributed by atoms with van der Waals surface area (Å²) in [5.41, 5.74) is 3.08. The first-order valence-corrected chi connectivity index (χ1v) is 9.39. The van der Waals surface area contributed by atoms with Gasteiger partial charge in [0.1, 0.15) is 12.4 Å². The summed E-state index contributed by atoms with van der Waals surface area (Å²) in [5, 5.41) is 4.13. The van der Waals surface area contributed by atoms with Crippen LogP contribution in [-0.2, 0) is 13.2 Å². The van der Waals surface area contributed by atoms with Gasteiger partial charge in [-0.05, 0) is 29.8 Å². The molecule has 6 heteroatoms. The van der Waals surface area contributed by atoms with Gasteiger partial charge in [-0.2, -0.15) is 9.36 Å². The summed E-state index contributed by atoms with van der Waals surface area (Å²) in [5.74, 6) is 1.58. The maximum atomic E-state index is 5.76. The summed E-state index contributed by atoms with van der Waals surface area (Å²) < 4.78 is 10.2. The lowest BCUT2D eigenvalue weighted by Crippen LogP contribution is -2.00. The van der Waals surface area contributed by atoms with Crippen LogP contribution in [0.2, 0.25) is 0 Å². The van der Waals surface area contributed by atoms with Gasteiger partial charge in [-0.15, -0.1) is 0 Å². The third-order valence-corrected chi connectivity index (χ3v) is 4.61. The molecule has 4 rings (SSSR count). The van der Waals surface area contributed by atoms with E-state index in [-0.39, 0.29) is 0 Å². The van der Waals surface area contributed by atoms with Crippen LogP contribution in [-0.4, -0.2) is 14.3 Å². The molecule has 0 amide bonds. The number of rotatable bonds is 7. The van der Waals surface area contributed by atoms with Crippen LogP contribution in [0.1, 0.15) is 11.3 Å². The summed E-state index contributed by atoms with van der Waals surface area (Å²) in [6.45, 7) is 1.15. The van der Waals surface area contributed by atoms with Crippen molar-refractivity contribution in [2.45, 2.75) is 13.2 Å². The van der Waals surface area contributed by atoms with E-state index in [1.165, 1.54) is 11.5 Å². The largest absolute Gasteiger partial charge is 0.487 e. The van der Waals surface area contributed by atoms with Crippen molar-refractivity contribution in [2.75, 3.05) is 5.32 Å². The highest BCUT2D eigenvalue weighted by Crippen LogP contribution is 2.21. The number of benzene rings is 2. The van der Waals surface area contributed by atoms with Crippen LogP contribution in [0.25, 0.3) is 11.4 Å². The molecule has 2 heterocycles. The van der Waals surface area contributed by atoms with Crippen molar-refractivity contribution in [3.63, 3.8) is 0 Å². The molecule has 0 radical (unpaired) electrons. The molecule has 0 aliphatic carbocycles. The Morgan fingerprint density at radius 2 is 1.70 bits per heavy atom. The van der Waals surface area contributed by atoms with E-state index in [9.17, 15) is 0 Å². The van der Waals surface area contributed by atoms with Crippen molar-refractivity contribution >= 4 is 16.7 Å². The zero-order chi connectivity index (χ0) is 18.3. The smallest absolute Gasteiger partial charge is 0.203 e. The molecule has 0 saturated carbocycles. The lowest BCUT2D eigenvalue weighted by Gasteiger charge is -2.07. The van der Waals surface area contributed by atoms with Crippen molar-refractivity contribution in [3.05, 3.63) is 90.3 Å². The molecular weight excluding hydrogens is 356 g/mol. The van der Waals surface area contributed by atoms with E-state index in [1.807, 2.05) is 72.8 Å². The second kappa shape index (κ2) is 8.42. The average Bonchev–Trinajstić information content (AvgIpc) is 3.22. The Morgan fingerprint density at radius 1 is 0.889 bits per heavy atom. The fraction of sp³-hybridized carbons (Fsp3) is 0.0952. The van der Waals surface area contributed by atoms with Gasteiger partial charge in [0.15, 0.2) is 5.82 Å². The molecule has 0 atom stereocenters. The fourth-order valence-electron chi connectivity index (χ4n) is 2.52. The van der Waals surface area contributed by atoms with Gasteiger partial charge < -0.3 is 10.1 Å². The molecule has 2 aromatic heterocycles. The van der Waals surface area contributed by atoms with Crippen molar-refractivity contribution < 1.29 is 4.74 Å². The van der Waals surface area contributed by atoms with Crippen molar-refractivity contribution in [2.24, 2.45) is 0 Å². The summed E-state index contributed by atoms with van der Waals surface area (Å²) in [6.07, 6.45) is 1.77. The fourth-order valence-corrected chi connectivity index (χ4v) is 3.10. The second-order valence-corrected chi connectivity index (χ2v) is 6.65. The van der Waals surface area contributed by atoms with Gasteiger partial charge in [0, 0.05) is 29.8 Å². The van der Waals surface area contributed by atoms with Gasteiger partial charge in [-0.25, -0.2) is 0 Å². The number of ether oxygens (including phenoxy) is 1. The molecule has 0 aliphatic heterocycles. The number of hydrogen-bond donors (Lipinski definition) is 1. The van der Waals surface area contributed by atoms with Crippen LogP contribution in [0.5, 0.6) is 5.75 Å². The summed E-state index contributed by atoms with van der Waals surface area (Å²) in [4.78, 5) is 8.79. The predicted octanol–water partition coefficient (Wildman–Crippen LogP) is 4.79. The van der Waals surface area contributed by atoms with E-state index >= 15 is 0 Å².